The van der Waals surface area contributed by atoms with Crippen LogP contribution in [0.5, 0.6) is 5.75 Å². The third kappa shape index (κ3) is 4.50. The van der Waals surface area contributed by atoms with E-state index in [-0.39, 0.29) is 22.8 Å². The Kier molecular flexibility index (Phi) is 7.12. The highest BCUT2D eigenvalue weighted by Crippen LogP contribution is 2.38. The molecule has 2 N–H and O–H groups in total. The quantitative estimate of drug-likeness (QED) is 0.392. The molecule has 0 unspecified atom stereocenters. The number of aryl methyl sites for hydroxylation is 2. The lowest BCUT2D eigenvalue weighted by molar-refractivity contribution is 0.154. The van der Waals surface area contributed by atoms with Crippen LogP contribution in [0, 0.1) is 18.6 Å². The molecule has 2 aromatic heterocycles. The number of nitrogens with zero attached hydrogens (tertiary/aromatic N) is 4. The molecule has 1 aliphatic heterocycles. The highest BCUT2D eigenvalue weighted by atomic mass is 19.1. The number of hydrogen-bond acceptors (Lipinski definition) is 6. The molecule has 0 aliphatic carbocycles. The van der Waals surface area contributed by atoms with Gasteiger partial charge in [0.1, 0.15) is 34.4 Å². The van der Waals surface area contributed by atoms with Crippen LogP contribution in [-0.2, 0) is 6.42 Å². The van der Waals surface area contributed by atoms with Gasteiger partial charge in [0, 0.05) is 24.8 Å². The van der Waals surface area contributed by atoms with Gasteiger partial charge in [0.25, 0.3) is 0 Å². The third-order valence-corrected chi connectivity index (χ3v) is 6.23. The maximum Gasteiger partial charge on any atom is 0.175 e. The molecule has 0 amide bonds. The summed E-state index contributed by atoms with van der Waals surface area (Å²) in [5.74, 6) is -0.170. The van der Waals surface area contributed by atoms with Gasteiger partial charge < -0.3 is 15.1 Å². The van der Waals surface area contributed by atoms with Gasteiger partial charge >= 0.3 is 0 Å². The normalized spacial score (nSPS) is 15.9. The van der Waals surface area contributed by atoms with Gasteiger partial charge in [-0.3, -0.25) is 4.98 Å². The van der Waals surface area contributed by atoms with Gasteiger partial charge in [0.2, 0.25) is 0 Å². The Morgan fingerprint density at radius 1 is 1.14 bits per heavy atom. The number of benzene rings is 2. The number of phenolic OH excluding ortho intramolecular Hbond substituents is 1. The lowest BCUT2D eigenvalue weighted by Gasteiger charge is -2.31. The lowest BCUT2D eigenvalue weighted by atomic mass is 9.94. The number of hydrogen-bond donors (Lipinski definition) is 2. The number of fused-ring (bicyclic) bond motifs is 2. The van der Waals surface area contributed by atoms with Crippen molar-refractivity contribution < 1.29 is 19.0 Å². The average molecular weight is 481 g/mol. The van der Waals surface area contributed by atoms with Crippen molar-refractivity contribution in [3.05, 3.63) is 53.5 Å². The van der Waals surface area contributed by atoms with Crippen molar-refractivity contribution in [1.29, 1.82) is 0 Å². The first kappa shape index (κ1) is 24.7. The van der Waals surface area contributed by atoms with Crippen molar-refractivity contribution in [3.63, 3.8) is 0 Å². The van der Waals surface area contributed by atoms with E-state index >= 15 is 4.39 Å². The van der Waals surface area contributed by atoms with Gasteiger partial charge in [-0.25, -0.2) is 18.7 Å². The average Bonchev–Trinajstić information content (AvgIpc) is 2.85. The van der Waals surface area contributed by atoms with Crippen molar-refractivity contribution in [2.45, 2.75) is 53.1 Å². The molecular weight excluding hydrogens is 450 g/mol. The van der Waals surface area contributed by atoms with Gasteiger partial charge in [-0.15, -0.1) is 0 Å². The van der Waals surface area contributed by atoms with Crippen LogP contribution in [0.4, 0.5) is 14.6 Å². The Morgan fingerprint density at radius 2 is 1.91 bits per heavy atom. The summed E-state index contributed by atoms with van der Waals surface area (Å²) in [6.07, 6.45) is 2.97. The van der Waals surface area contributed by atoms with Crippen molar-refractivity contribution in [3.8, 4) is 17.0 Å². The predicted octanol–water partition coefficient (Wildman–Crippen LogP) is 5.69. The van der Waals surface area contributed by atoms with E-state index in [1.165, 1.54) is 24.4 Å². The molecule has 0 saturated carbocycles. The van der Waals surface area contributed by atoms with Gasteiger partial charge in [-0.1, -0.05) is 26.8 Å². The first-order valence-electron chi connectivity index (χ1n) is 12.1. The first-order valence-corrected chi connectivity index (χ1v) is 12.1. The number of aliphatic hydroxyl groups is 1. The molecule has 5 rings (SSSR count). The number of aromatic hydroxyl groups is 1. The number of pyridine rings is 1. The van der Waals surface area contributed by atoms with E-state index in [0.29, 0.717) is 58.4 Å². The van der Waals surface area contributed by atoms with E-state index < -0.39 is 11.9 Å². The van der Waals surface area contributed by atoms with Crippen molar-refractivity contribution in [1.82, 2.24) is 15.0 Å². The van der Waals surface area contributed by atoms with Crippen LogP contribution in [0.15, 0.2) is 30.5 Å². The van der Waals surface area contributed by atoms with Gasteiger partial charge in [0.05, 0.1) is 11.5 Å². The number of piperidine rings is 1. The number of halogens is 2. The van der Waals surface area contributed by atoms with Crippen LogP contribution in [0.2, 0.25) is 0 Å². The highest BCUT2D eigenvalue weighted by molar-refractivity contribution is 6.01. The molecule has 4 aromatic rings. The van der Waals surface area contributed by atoms with Crippen molar-refractivity contribution >= 4 is 27.5 Å². The molecule has 6 nitrogen and oxygen atoms in total. The summed E-state index contributed by atoms with van der Waals surface area (Å²) in [4.78, 5) is 15.2. The molecule has 0 radical (unpaired) electrons. The molecule has 1 atom stereocenters. The monoisotopic (exact) mass is 480 g/mol. The highest BCUT2D eigenvalue weighted by Gasteiger charge is 2.25. The molecule has 8 heteroatoms. The molecule has 0 spiro atoms. The van der Waals surface area contributed by atoms with Gasteiger partial charge in [-0.2, -0.15) is 0 Å². The summed E-state index contributed by atoms with van der Waals surface area (Å²) < 4.78 is 30.5. The largest absolute Gasteiger partial charge is 0.508 e. The summed E-state index contributed by atoms with van der Waals surface area (Å²) in [6.45, 7) is 8.62. The zero-order valence-corrected chi connectivity index (χ0v) is 20.4. The van der Waals surface area contributed by atoms with Gasteiger partial charge in [-0.05, 0) is 60.7 Å². The fourth-order valence-electron chi connectivity index (χ4n) is 4.76. The summed E-state index contributed by atoms with van der Waals surface area (Å²) in [7, 11) is 0. The minimum atomic E-state index is -0.657. The maximum atomic E-state index is 16.0. The standard InChI is InChI=1S/C25H24F2N4O2.C2H6/c1-3-17-20(26)7-6-14-9-16(33)10-18(21(14)17)23-22(27)24-19(11-28-23)25(30-13(2)29-24)31-8-4-5-15(32)12-31;1-2/h6-7,9-11,15,32-33H,3-5,8,12H2,1-2H3;1-2H3/t15-;/m0./s1. The van der Waals surface area contributed by atoms with Gasteiger partial charge in [0.15, 0.2) is 5.82 Å². The molecule has 1 saturated heterocycles. The van der Waals surface area contributed by atoms with Crippen LogP contribution in [0.3, 0.4) is 0 Å². The molecular formula is C27H30F2N4O2. The van der Waals surface area contributed by atoms with Crippen molar-refractivity contribution in [2.24, 2.45) is 0 Å². The van der Waals surface area contributed by atoms with Crippen LogP contribution >= 0.6 is 0 Å². The second kappa shape index (κ2) is 10.1. The van der Waals surface area contributed by atoms with E-state index in [2.05, 4.69) is 15.0 Å². The Morgan fingerprint density at radius 3 is 2.63 bits per heavy atom. The molecule has 35 heavy (non-hydrogen) atoms. The number of anilines is 1. The minimum Gasteiger partial charge on any atom is -0.508 e. The first-order chi connectivity index (χ1) is 16.9. The number of β-amino-alcohol motifs (C(OH)–C–C–N with tert-alkyl or cyclic N) is 1. The van der Waals surface area contributed by atoms with E-state index in [1.54, 1.807) is 13.0 Å². The second-order valence-corrected chi connectivity index (χ2v) is 8.49. The summed E-state index contributed by atoms with van der Waals surface area (Å²) in [5, 5.41) is 22.0. The molecule has 2 aromatic carbocycles. The number of aromatic nitrogens is 3. The number of phenols is 1. The van der Waals surface area contributed by atoms with Crippen LogP contribution in [0.25, 0.3) is 32.9 Å². The zero-order valence-electron chi connectivity index (χ0n) is 20.4. The van der Waals surface area contributed by atoms with Crippen LogP contribution < -0.4 is 4.90 Å². The zero-order chi connectivity index (χ0) is 25.3. The Hall–Kier alpha value is -3.39. The fraction of sp³-hybridized carbons (Fsp3) is 0.370. The summed E-state index contributed by atoms with van der Waals surface area (Å²) in [5.41, 5.74) is 0.845. The second-order valence-electron chi connectivity index (χ2n) is 8.49. The lowest BCUT2D eigenvalue weighted by Crippen LogP contribution is -2.39. The molecule has 0 bridgehead atoms. The Bertz CT molecular complexity index is 1390. The Labute approximate surface area is 203 Å². The van der Waals surface area contributed by atoms with Crippen LogP contribution in [0.1, 0.15) is 45.0 Å². The summed E-state index contributed by atoms with van der Waals surface area (Å²) in [6, 6.07) is 5.86. The summed E-state index contributed by atoms with van der Waals surface area (Å²) >= 11 is 0. The third-order valence-electron chi connectivity index (χ3n) is 6.23. The van der Waals surface area contributed by atoms with E-state index in [1.807, 2.05) is 25.7 Å². The molecule has 1 aliphatic rings. The molecule has 184 valence electrons. The molecule has 1 fully saturated rings. The number of rotatable bonds is 3. The van der Waals surface area contributed by atoms with E-state index in [4.69, 9.17) is 0 Å². The van der Waals surface area contributed by atoms with E-state index in [0.717, 1.165) is 12.8 Å². The van der Waals surface area contributed by atoms with E-state index in [9.17, 15) is 14.6 Å². The number of aliphatic hydroxyl groups excluding tert-OH is 1. The molecule has 3 heterocycles. The SMILES string of the molecule is CC.CCc1c(F)ccc2cc(O)cc(-c3ncc4c(N5CCC[C@H](O)C5)nc(C)nc4c3F)c12. The topological polar surface area (TPSA) is 82.4 Å². The predicted molar refractivity (Wildman–Crippen MR) is 135 cm³/mol. The van der Waals surface area contributed by atoms with Crippen LogP contribution in [-0.4, -0.2) is 44.4 Å². The smallest absolute Gasteiger partial charge is 0.175 e. The van der Waals surface area contributed by atoms with Crippen molar-refractivity contribution in [2.75, 3.05) is 18.0 Å². The minimum absolute atomic E-state index is 0.00794. The maximum absolute atomic E-state index is 16.0. The Balaban J connectivity index is 0.00000141. The fourth-order valence-corrected chi connectivity index (χ4v) is 4.76.